The van der Waals surface area contributed by atoms with Crippen molar-refractivity contribution >= 4 is 29.1 Å². The SMILES string of the molecule is CCOC(=O)C1=C(C)N=c2s/c(=C\c3ccc(Oc4ccc(C(F)(F)F)cc4[N+](=O)[O-])c(OCC)c3)c(=O)n2C1c1ccc(OC)cc1. The van der Waals surface area contributed by atoms with Crippen LogP contribution in [0, 0.1) is 10.1 Å². The van der Waals surface area contributed by atoms with Crippen LogP contribution in [0.4, 0.5) is 18.9 Å². The highest BCUT2D eigenvalue weighted by molar-refractivity contribution is 7.07. The Morgan fingerprint density at radius 3 is 2.38 bits per heavy atom. The molecule has 0 saturated carbocycles. The molecule has 0 N–H and O–H groups in total. The fourth-order valence-corrected chi connectivity index (χ4v) is 6.10. The van der Waals surface area contributed by atoms with Crippen LogP contribution in [0.25, 0.3) is 6.08 Å². The number of methoxy groups -OCH3 is 1. The molecule has 0 bridgehead atoms. The maximum Gasteiger partial charge on any atom is 0.416 e. The van der Waals surface area contributed by atoms with Crippen molar-refractivity contribution in [2.75, 3.05) is 20.3 Å². The van der Waals surface area contributed by atoms with Gasteiger partial charge in [-0.25, -0.2) is 9.79 Å². The van der Waals surface area contributed by atoms with Gasteiger partial charge in [-0.1, -0.05) is 29.5 Å². The lowest BCUT2D eigenvalue weighted by Crippen LogP contribution is -2.39. The summed E-state index contributed by atoms with van der Waals surface area (Å²) in [6.45, 7) is 5.34. The monoisotopic (exact) mass is 683 g/mol. The Balaban J connectivity index is 1.58. The summed E-state index contributed by atoms with van der Waals surface area (Å²) in [5, 5.41) is 11.6. The number of ether oxygens (including phenoxy) is 4. The topological polar surface area (TPSA) is 131 Å². The number of nitro groups is 1. The summed E-state index contributed by atoms with van der Waals surface area (Å²) < 4.78 is 63.2. The van der Waals surface area contributed by atoms with Crippen LogP contribution < -0.4 is 29.1 Å². The maximum atomic E-state index is 14.0. The minimum absolute atomic E-state index is 0.00697. The molecule has 2 heterocycles. The molecule has 0 spiro atoms. The zero-order valence-electron chi connectivity index (χ0n) is 26.0. The average Bonchev–Trinajstić information content (AvgIpc) is 3.34. The van der Waals surface area contributed by atoms with Crippen LogP contribution in [0.15, 0.2) is 81.7 Å². The van der Waals surface area contributed by atoms with E-state index in [4.69, 9.17) is 18.9 Å². The van der Waals surface area contributed by atoms with Crippen LogP contribution in [0.5, 0.6) is 23.0 Å². The first-order valence-corrected chi connectivity index (χ1v) is 15.3. The number of allylic oxidation sites excluding steroid dienone is 1. The molecule has 0 saturated heterocycles. The fraction of sp³-hybridized carbons (Fsp3) is 0.242. The number of thiazole rings is 1. The molecule has 15 heteroatoms. The third-order valence-corrected chi connectivity index (χ3v) is 8.20. The molecule has 48 heavy (non-hydrogen) atoms. The van der Waals surface area contributed by atoms with Gasteiger partial charge in [0.05, 0.1) is 52.7 Å². The number of hydrogen-bond donors (Lipinski definition) is 0. The van der Waals surface area contributed by atoms with Crippen molar-refractivity contribution in [3.8, 4) is 23.0 Å². The van der Waals surface area contributed by atoms with Crippen LogP contribution in [-0.4, -0.2) is 35.8 Å². The molecule has 1 atom stereocenters. The van der Waals surface area contributed by atoms with Gasteiger partial charge in [-0.05, 0) is 74.4 Å². The molecule has 0 fully saturated rings. The van der Waals surface area contributed by atoms with E-state index in [0.717, 1.165) is 17.4 Å². The van der Waals surface area contributed by atoms with Gasteiger partial charge in [-0.15, -0.1) is 0 Å². The minimum atomic E-state index is -4.78. The quantitative estimate of drug-likeness (QED) is 0.114. The number of nitrogens with zero attached hydrogens (tertiary/aromatic N) is 3. The lowest BCUT2D eigenvalue weighted by atomic mass is 9.96. The van der Waals surface area contributed by atoms with Gasteiger partial charge in [0.2, 0.25) is 5.75 Å². The third-order valence-electron chi connectivity index (χ3n) is 7.22. The molecule has 5 rings (SSSR count). The molecule has 1 aromatic heterocycles. The van der Waals surface area contributed by atoms with Crippen LogP contribution >= 0.6 is 11.3 Å². The zero-order chi connectivity index (χ0) is 34.7. The van der Waals surface area contributed by atoms with Crippen LogP contribution in [0.3, 0.4) is 0 Å². The molecular formula is C33H28F3N3O8S. The molecular weight excluding hydrogens is 655 g/mol. The molecule has 1 aliphatic rings. The molecule has 1 unspecified atom stereocenters. The Hall–Kier alpha value is -5.44. The molecule has 1 aliphatic heterocycles. The lowest BCUT2D eigenvalue weighted by molar-refractivity contribution is -0.385. The molecule has 11 nitrogen and oxygen atoms in total. The van der Waals surface area contributed by atoms with Crippen molar-refractivity contribution in [2.45, 2.75) is 33.0 Å². The average molecular weight is 684 g/mol. The van der Waals surface area contributed by atoms with E-state index in [2.05, 4.69) is 4.99 Å². The molecule has 0 aliphatic carbocycles. The van der Waals surface area contributed by atoms with Gasteiger partial charge >= 0.3 is 17.8 Å². The van der Waals surface area contributed by atoms with E-state index in [1.165, 1.54) is 23.8 Å². The number of fused-ring (bicyclic) bond motifs is 1. The summed E-state index contributed by atoms with van der Waals surface area (Å²) in [6.07, 6.45) is -3.20. The van der Waals surface area contributed by atoms with E-state index >= 15 is 0 Å². The summed E-state index contributed by atoms with van der Waals surface area (Å²) in [4.78, 5) is 42.6. The first-order valence-electron chi connectivity index (χ1n) is 14.5. The number of benzene rings is 3. The summed E-state index contributed by atoms with van der Waals surface area (Å²) in [6, 6.07) is 12.6. The molecule has 0 radical (unpaired) electrons. The number of carbonyl (C=O) groups excluding carboxylic acids is 1. The highest BCUT2D eigenvalue weighted by Crippen LogP contribution is 2.40. The van der Waals surface area contributed by atoms with Crippen molar-refractivity contribution in [3.63, 3.8) is 0 Å². The van der Waals surface area contributed by atoms with Crippen LogP contribution in [0.1, 0.15) is 43.5 Å². The van der Waals surface area contributed by atoms with Gasteiger partial charge in [0.1, 0.15) is 5.75 Å². The Morgan fingerprint density at radius 2 is 1.75 bits per heavy atom. The van der Waals surface area contributed by atoms with Crippen LogP contribution in [0.2, 0.25) is 0 Å². The maximum absolute atomic E-state index is 14.0. The van der Waals surface area contributed by atoms with Gasteiger partial charge in [-0.3, -0.25) is 19.5 Å². The van der Waals surface area contributed by atoms with E-state index in [1.807, 2.05) is 0 Å². The Morgan fingerprint density at radius 1 is 1.04 bits per heavy atom. The fourth-order valence-electron chi connectivity index (χ4n) is 5.05. The number of esters is 1. The highest BCUT2D eigenvalue weighted by atomic mass is 32.1. The zero-order valence-corrected chi connectivity index (χ0v) is 26.8. The second-order valence-corrected chi connectivity index (χ2v) is 11.3. The van der Waals surface area contributed by atoms with Gasteiger partial charge in [0, 0.05) is 6.07 Å². The highest BCUT2D eigenvalue weighted by Gasteiger charge is 2.35. The summed E-state index contributed by atoms with van der Waals surface area (Å²) in [5.74, 6) is -0.285. The molecule has 3 aromatic carbocycles. The van der Waals surface area contributed by atoms with Crippen molar-refractivity contribution in [1.82, 2.24) is 4.57 Å². The number of alkyl halides is 3. The van der Waals surface area contributed by atoms with E-state index in [-0.39, 0.29) is 34.8 Å². The third kappa shape index (κ3) is 6.81. The largest absolute Gasteiger partial charge is 0.497 e. The normalized spacial score (nSPS) is 14.6. The molecule has 250 valence electrons. The van der Waals surface area contributed by atoms with E-state index in [9.17, 15) is 32.9 Å². The van der Waals surface area contributed by atoms with Crippen molar-refractivity contribution in [2.24, 2.45) is 4.99 Å². The number of aromatic nitrogens is 1. The number of nitro benzene ring substituents is 1. The predicted molar refractivity (Wildman–Crippen MR) is 169 cm³/mol. The van der Waals surface area contributed by atoms with E-state index in [1.54, 1.807) is 57.2 Å². The second kappa shape index (κ2) is 13.7. The van der Waals surface area contributed by atoms with Crippen LogP contribution in [-0.2, 0) is 15.7 Å². The van der Waals surface area contributed by atoms with E-state index in [0.29, 0.717) is 39.5 Å². The molecule has 4 aromatic rings. The Kier molecular flexibility index (Phi) is 9.70. The van der Waals surface area contributed by atoms with Crippen molar-refractivity contribution in [3.05, 3.63) is 118 Å². The van der Waals surface area contributed by atoms with Gasteiger partial charge in [0.25, 0.3) is 5.56 Å². The minimum Gasteiger partial charge on any atom is -0.497 e. The Labute approximate surface area is 274 Å². The molecule has 0 amide bonds. The van der Waals surface area contributed by atoms with Crippen molar-refractivity contribution in [1.29, 1.82) is 0 Å². The second-order valence-electron chi connectivity index (χ2n) is 10.3. The van der Waals surface area contributed by atoms with Gasteiger partial charge in [-0.2, -0.15) is 13.2 Å². The van der Waals surface area contributed by atoms with Gasteiger partial charge in [0.15, 0.2) is 16.3 Å². The lowest BCUT2D eigenvalue weighted by Gasteiger charge is -2.24. The van der Waals surface area contributed by atoms with E-state index < -0.39 is 45.7 Å². The first-order chi connectivity index (χ1) is 22.9. The Bertz CT molecular complexity index is 2100. The first kappa shape index (κ1) is 33.9. The smallest absolute Gasteiger partial charge is 0.416 e. The van der Waals surface area contributed by atoms with Crippen molar-refractivity contribution < 1.29 is 41.8 Å². The number of carbonyl (C=O) groups is 1. The number of halogens is 3. The standard InChI is InChI=1S/C33H28F3N3O8S/c1-5-45-26-15-19(7-13-25(26)47-24-14-10-21(33(34,35)36)17-23(24)39(42)43)16-27-30(40)38-29(20-8-11-22(44-4)12-9-20)28(31(41)46-6-2)18(3)37-32(38)48-27/h7-17,29H,5-6H2,1-4H3/b27-16-. The number of hydrogen-bond acceptors (Lipinski definition) is 10. The summed E-state index contributed by atoms with van der Waals surface area (Å²) in [5.41, 5.74) is -0.743. The summed E-state index contributed by atoms with van der Waals surface area (Å²) >= 11 is 1.11. The number of rotatable bonds is 10. The predicted octanol–water partition coefficient (Wildman–Crippen LogP) is 5.92. The summed E-state index contributed by atoms with van der Waals surface area (Å²) in [7, 11) is 1.53. The van der Waals surface area contributed by atoms with Gasteiger partial charge < -0.3 is 18.9 Å².